The standard InChI is InChI=1S/C16H17N3O3/c20-15(21)16-8-19(6-11-5-17-10-18-11)7-13(16)12-3-1-2-4-14(12)22-9-16/h1-5,10,13H,6-9H2,(H,17,18)(H,20,21)/t13-,16-/m0/s1. The van der Waals surface area contributed by atoms with Crippen LogP contribution in [0.4, 0.5) is 0 Å². The maximum absolute atomic E-state index is 12.0. The van der Waals surface area contributed by atoms with E-state index in [2.05, 4.69) is 14.9 Å². The van der Waals surface area contributed by atoms with E-state index in [1.54, 1.807) is 12.5 Å². The van der Waals surface area contributed by atoms with Crippen molar-refractivity contribution in [1.82, 2.24) is 14.9 Å². The number of aromatic nitrogens is 2. The quantitative estimate of drug-likeness (QED) is 0.897. The summed E-state index contributed by atoms with van der Waals surface area (Å²) in [5.74, 6) is -0.00949. The third kappa shape index (κ3) is 1.91. The zero-order valence-corrected chi connectivity index (χ0v) is 12.0. The molecule has 4 rings (SSSR count). The van der Waals surface area contributed by atoms with Crippen molar-refractivity contribution in [3.63, 3.8) is 0 Å². The molecule has 2 N–H and O–H groups in total. The number of aromatic amines is 1. The summed E-state index contributed by atoms with van der Waals surface area (Å²) in [7, 11) is 0. The third-order valence-electron chi connectivity index (χ3n) is 4.77. The Bertz CT molecular complexity index is 700. The van der Waals surface area contributed by atoms with E-state index in [0.717, 1.165) is 17.0 Å². The number of rotatable bonds is 3. The van der Waals surface area contributed by atoms with Gasteiger partial charge in [-0.1, -0.05) is 18.2 Å². The summed E-state index contributed by atoms with van der Waals surface area (Å²) < 4.78 is 5.76. The average molecular weight is 299 g/mol. The zero-order valence-electron chi connectivity index (χ0n) is 12.0. The lowest BCUT2D eigenvalue weighted by molar-refractivity contribution is -0.151. The number of carboxylic acids is 1. The molecule has 2 aromatic rings. The van der Waals surface area contributed by atoms with Gasteiger partial charge in [-0.25, -0.2) is 4.98 Å². The van der Waals surface area contributed by atoms with E-state index in [0.29, 0.717) is 19.6 Å². The number of carbonyl (C=O) groups is 1. The maximum Gasteiger partial charge on any atom is 0.315 e. The minimum absolute atomic E-state index is 0.0436. The van der Waals surface area contributed by atoms with Crippen molar-refractivity contribution >= 4 is 5.97 Å². The van der Waals surface area contributed by atoms with Gasteiger partial charge in [0.25, 0.3) is 0 Å². The number of hydrogen-bond donors (Lipinski definition) is 2. The number of para-hydroxylation sites is 1. The molecule has 3 heterocycles. The first-order chi connectivity index (χ1) is 10.7. The Hall–Kier alpha value is -2.34. The first-order valence-electron chi connectivity index (χ1n) is 7.34. The number of likely N-dealkylation sites (tertiary alicyclic amines) is 1. The number of imidazole rings is 1. The fraction of sp³-hybridized carbons (Fsp3) is 0.375. The Morgan fingerprint density at radius 3 is 3.14 bits per heavy atom. The van der Waals surface area contributed by atoms with Crippen LogP contribution in [-0.2, 0) is 11.3 Å². The lowest BCUT2D eigenvalue weighted by Crippen LogP contribution is -2.45. The molecule has 22 heavy (non-hydrogen) atoms. The number of fused-ring (bicyclic) bond motifs is 3. The summed E-state index contributed by atoms with van der Waals surface area (Å²) in [6, 6.07) is 7.76. The van der Waals surface area contributed by atoms with E-state index in [4.69, 9.17) is 4.74 Å². The smallest absolute Gasteiger partial charge is 0.315 e. The van der Waals surface area contributed by atoms with E-state index in [-0.39, 0.29) is 12.5 Å². The number of carboxylic acid groups (broad SMARTS) is 1. The van der Waals surface area contributed by atoms with Gasteiger partial charge < -0.3 is 14.8 Å². The number of benzene rings is 1. The van der Waals surface area contributed by atoms with E-state index in [9.17, 15) is 9.90 Å². The van der Waals surface area contributed by atoms with Crippen LogP contribution in [0, 0.1) is 5.41 Å². The lowest BCUT2D eigenvalue weighted by Gasteiger charge is -2.35. The van der Waals surface area contributed by atoms with Gasteiger partial charge >= 0.3 is 5.97 Å². The van der Waals surface area contributed by atoms with Crippen molar-refractivity contribution in [3.05, 3.63) is 48.0 Å². The van der Waals surface area contributed by atoms with Crippen LogP contribution in [0.5, 0.6) is 5.75 Å². The normalized spacial score (nSPS) is 27.0. The summed E-state index contributed by atoms with van der Waals surface area (Å²) in [4.78, 5) is 21.2. The van der Waals surface area contributed by atoms with Crippen LogP contribution >= 0.6 is 0 Å². The van der Waals surface area contributed by atoms with Crippen molar-refractivity contribution in [3.8, 4) is 5.75 Å². The molecular formula is C16H17N3O3. The predicted octanol–water partition coefficient (Wildman–Crippen LogP) is 1.47. The zero-order chi connectivity index (χ0) is 15.2. The highest BCUT2D eigenvalue weighted by atomic mass is 16.5. The highest BCUT2D eigenvalue weighted by molar-refractivity contribution is 5.78. The summed E-state index contributed by atoms with van der Waals surface area (Å²) in [5, 5.41) is 9.84. The van der Waals surface area contributed by atoms with E-state index >= 15 is 0 Å². The van der Waals surface area contributed by atoms with Gasteiger partial charge in [0, 0.05) is 37.4 Å². The molecule has 0 bridgehead atoms. The Morgan fingerprint density at radius 2 is 2.36 bits per heavy atom. The highest BCUT2D eigenvalue weighted by Crippen LogP contribution is 2.49. The Morgan fingerprint density at radius 1 is 1.50 bits per heavy atom. The van der Waals surface area contributed by atoms with Crippen LogP contribution in [0.25, 0.3) is 0 Å². The van der Waals surface area contributed by atoms with Gasteiger partial charge in [-0.2, -0.15) is 0 Å². The summed E-state index contributed by atoms with van der Waals surface area (Å²) in [6.45, 7) is 2.10. The fourth-order valence-electron chi connectivity index (χ4n) is 3.67. The van der Waals surface area contributed by atoms with Crippen LogP contribution in [0.15, 0.2) is 36.8 Å². The summed E-state index contributed by atoms with van der Waals surface area (Å²) >= 11 is 0. The molecule has 2 aliphatic rings. The first kappa shape index (κ1) is 13.3. The molecule has 6 nitrogen and oxygen atoms in total. The molecular weight excluding hydrogens is 282 g/mol. The minimum Gasteiger partial charge on any atom is -0.492 e. The van der Waals surface area contributed by atoms with Crippen LogP contribution in [0.2, 0.25) is 0 Å². The maximum atomic E-state index is 12.0. The van der Waals surface area contributed by atoms with Gasteiger partial charge in [0.2, 0.25) is 0 Å². The summed E-state index contributed by atoms with van der Waals surface area (Å²) in [6.07, 6.45) is 3.42. The SMILES string of the molecule is O=C(O)[C@@]12COc3ccccc3[C@@H]1CN(Cc1cnc[nH]1)C2. The molecule has 1 aromatic carbocycles. The monoisotopic (exact) mass is 299 g/mol. The number of nitrogens with one attached hydrogen (secondary N) is 1. The number of H-pyrrole nitrogens is 1. The van der Waals surface area contributed by atoms with E-state index in [1.807, 2.05) is 24.3 Å². The van der Waals surface area contributed by atoms with Gasteiger partial charge in [-0.3, -0.25) is 9.69 Å². The molecule has 0 amide bonds. The Labute approximate surface area is 127 Å². The average Bonchev–Trinajstić information content (AvgIpc) is 3.15. The molecule has 1 aromatic heterocycles. The molecule has 114 valence electrons. The second kappa shape index (κ2) is 4.84. The van der Waals surface area contributed by atoms with Crippen molar-refractivity contribution in [2.45, 2.75) is 12.5 Å². The topological polar surface area (TPSA) is 78.5 Å². The number of hydrogen-bond acceptors (Lipinski definition) is 4. The van der Waals surface area contributed by atoms with E-state index < -0.39 is 11.4 Å². The third-order valence-corrected chi connectivity index (χ3v) is 4.77. The highest BCUT2D eigenvalue weighted by Gasteiger charge is 2.56. The van der Waals surface area contributed by atoms with Crippen molar-refractivity contribution in [2.24, 2.45) is 5.41 Å². The molecule has 0 radical (unpaired) electrons. The van der Waals surface area contributed by atoms with Gasteiger partial charge in [0.15, 0.2) is 0 Å². The Kier molecular flexibility index (Phi) is 2.94. The van der Waals surface area contributed by atoms with Crippen LogP contribution in [-0.4, -0.2) is 45.6 Å². The van der Waals surface area contributed by atoms with E-state index in [1.165, 1.54) is 0 Å². The molecule has 2 atom stereocenters. The largest absolute Gasteiger partial charge is 0.492 e. The number of ether oxygens (including phenoxy) is 1. The van der Waals surface area contributed by atoms with Gasteiger partial charge in [-0.05, 0) is 11.6 Å². The van der Waals surface area contributed by atoms with Gasteiger partial charge in [-0.15, -0.1) is 0 Å². The van der Waals surface area contributed by atoms with Crippen molar-refractivity contribution < 1.29 is 14.6 Å². The first-order valence-corrected chi connectivity index (χ1v) is 7.34. The Balaban J connectivity index is 1.68. The van der Waals surface area contributed by atoms with Gasteiger partial charge in [0.05, 0.1) is 6.33 Å². The molecule has 1 saturated heterocycles. The molecule has 2 aliphatic heterocycles. The second-order valence-corrected chi connectivity index (χ2v) is 6.09. The summed E-state index contributed by atoms with van der Waals surface area (Å²) in [5.41, 5.74) is 1.13. The predicted molar refractivity (Wildman–Crippen MR) is 78.6 cm³/mol. The molecule has 0 unspecified atom stereocenters. The van der Waals surface area contributed by atoms with Crippen molar-refractivity contribution in [1.29, 1.82) is 0 Å². The van der Waals surface area contributed by atoms with Crippen LogP contribution < -0.4 is 4.74 Å². The molecule has 1 fully saturated rings. The molecule has 0 aliphatic carbocycles. The van der Waals surface area contributed by atoms with Crippen LogP contribution in [0.1, 0.15) is 17.2 Å². The number of nitrogens with zero attached hydrogens (tertiary/aromatic N) is 2. The fourth-order valence-corrected chi connectivity index (χ4v) is 3.67. The molecule has 0 saturated carbocycles. The second-order valence-electron chi connectivity index (χ2n) is 6.09. The molecule has 6 heteroatoms. The number of aliphatic carboxylic acids is 1. The van der Waals surface area contributed by atoms with Gasteiger partial charge in [0.1, 0.15) is 17.8 Å². The molecule has 0 spiro atoms. The van der Waals surface area contributed by atoms with Crippen LogP contribution in [0.3, 0.4) is 0 Å². The van der Waals surface area contributed by atoms with Crippen molar-refractivity contribution in [2.75, 3.05) is 19.7 Å². The lowest BCUT2D eigenvalue weighted by atomic mass is 9.73. The minimum atomic E-state index is -0.867.